The number of hydrogen-bond donors (Lipinski definition) is 1. The average molecular weight is 274 g/mol. The fourth-order valence-corrected chi connectivity index (χ4v) is 2.39. The number of aromatic carboxylic acids is 1. The summed E-state index contributed by atoms with van der Waals surface area (Å²) in [5.74, 6) is -0.326. The van der Waals surface area contributed by atoms with Crippen molar-refractivity contribution in [2.24, 2.45) is 0 Å². The standard InChI is InChI=1S/C14H14N2O4/c1-19-14(7-4-8-14)13-15-11(20-16-13)9-5-2-3-6-10(9)12(17)18/h2-3,5-6H,4,7-8H2,1H3,(H,17,18). The number of rotatable bonds is 4. The van der Waals surface area contributed by atoms with Gasteiger partial charge in [0.15, 0.2) is 0 Å². The lowest BCUT2D eigenvalue weighted by Gasteiger charge is -2.37. The number of hydrogen-bond acceptors (Lipinski definition) is 5. The number of methoxy groups -OCH3 is 1. The molecule has 1 fully saturated rings. The largest absolute Gasteiger partial charge is 0.478 e. The Bertz CT molecular complexity index is 641. The zero-order valence-corrected chi connectivity index (χ0v) is 11.0. The number of carboxylic acids is 1. The molecule has 20 heavy (non-hydrogen) atoms. The Kier molecular flexibility index (Phi) is 3.02. The van der Waals surface area contributed by atoms with Crippen LogP contribution >= 0.6 is 0 Å². The van der Waals surface area contributed by atoms with E-state index >= 15 is 0 Å². The van der Waals surface area contributed by atoms with Crippen molar-refractivity contribution in [3.05, 3.63) is 35.7 Å². The summed E-state index contributed by atoms with van der Waals surface area (Å²) in [7, 11) is 1.63. The van der Waals surface area contributed by atoms with Gasteiger partial charge in [0, 0.05) is 7.11 Å². The summed E-state index contributed by atoms with van der Waals surface area (Å²) in [5, 5.41) is 13.1. The molecule has 6 nitrogen and oxygen atoms in total. The van der Waals surface area contributed by atoms with Crippen molar-refractivity contribution in [3.63, 3.8) is 0 Å². The van der Waals surface area contributed by atoms with Crippen LogP contribution in [0.15, 0.2) is 28.8 Å². The average Bonchev–Trinajstić information content (AvgIpc) is 2.88. The summed E-state index contributed by atoms with van der Waals surface area (Å²) >= 11 is 0. The SMILES string of the molecule is COC1(c2noc(-c3ccccc3C(=O)O)n2)CCC1. The zero-order valence-electron chi connectivity index (χ0n) is 11.0. The van der Waals surface area contributed by atoms with Crippen molar-refractivity contribution >= 4 is 5.97 Å². The van der Waals surface area contributed by atoms with Gasteiger partial charge in [0.2, 0.25) is 5.82 Å². The molecule has 6 heteroatoms. The van der Waals surface area contributed by atoms with Gasteiger partial charge in [0.05, 0.1) is 11.1 Å². The first-order chi connectivity index (χ1) is 9.66. The third-order valence-corrected chi connectivity index (χ3v) is 3.77. The van der Waals surface area contributed by atoms with Crippen LogP contribution in [0.4, 0.5) is 0 Å². The Balaban J connectivity index is 2.01. The lowest BCUT2D eigenvalue weighted by molar-refractivity contribution is -0.0858. The Labute approximate surface area is 115 Å². The smallest absolute Gasteiger partial charge is 0.336 e. The first kappa shape index (κ1) is 12.8. The van der Waals surface area contributed by atoms with Crippen molar-refractivity contribution in [2.45, 2.75) is 24.9 Å². The summed E-state index contributed by atoms with van der Waals surface area (Å²) in [6.07, 6.45) is 2.76. The summed E-state index contributed by atoms with van der Waals surface area (Å²) in [6, 6.07) is 6.56. The van der Waals surface area contributed by atoms with E-state index in [2.05, 4.69) is 10.1 Å². The lowest BCUT2D eigenvalue weighted by atomic mass is 9.79. The molecule has 2 aromatic rings. The second kappa shape index (κ2) is 4.72. The molecule has 0 bridgehead atoms. The Morgan fingerprint density at radius 1 is 1.40 bits per heavy atom. The number of ether oxygens (including phenoxy) is 1. The third kappa shape index (κ3) is 1.89. The summed E-state index contributed by atoms with van der Waals surface area (Å²) in [4.78, 5) is 15.5. The van der Waals surface area contributed by atoms with Crippen LogP contribution in [0.25, 0.3) is 11.5 Å². The Morgan fingerprint density at radius 2 is 2.15 bits per heavy atom. The second-order valence-electron chi connectivity index (χ2n) is 4.83. The van der Waals surface area contributed by atoms with Crippen molar-refractivity contribution in [1.82, 2.24) is 10.1 Å². The van der Waals surface area contributed by atoms with E-state index in [4.69, 9.17) is 9.26 Å². The molecular formula is C14H14N2O4. The molecule has 104 valence electrons. The van der Waals surface area contributed by atoms with Gasteiger partial charge in [-0.05, 0) is 31.4 Å². The van der Waals surface area contributed by atoms with E-state index in [-0.39, 0.29) is 11.5 Å². The minimum atomic E-state index is -1.02. The topological polar surface area (TPSA) is 85.5 Å². The summed E-state index contributed by atoms with van der Waals surface area (Å²) in [6.45, 7) is 0. The van der Waals surface area contributed by atoms with Gasteiger partial charge in [-0.15, -0.1) is 0 Å². The van der Waals surface area contributed by atoms with Crippen molar-refractivity contribution in [2.75, 3.05) is 7.11 Å². The van der Waals surface area contributed by atoms with Crippen LogP contribution in [0.2, 0.25) is 0 Å². The fourth-order valence-electron chi connectivity index (χ4n) is 2.39. The van der Waals surface area contributed by atoms with Crippen molar-refractivity contribution in [1.29, 1.82) is 0 Å². The number of aromatic nitrogens is 2. The molecule has 0 amide bonds. The molecule has 1 heterocycles. The van der Waals surface area contributed by atoms with E-state index in [1.54, 1.807) is 25.3 Å². The molecule has 0 aliphatic heterocycles. The Hall–Kier alpha value is -2.21. The van der Waals surface area contributed by atoms with Crippen molar-refractivity contribution < 1.29 is 19.2 Å². The molecule has 0 radical (unpaired) electrons. The zero-order chi connectivity index (χ0) is 14.2. The van der Waals surface area contributed by atoms with E-state index in [1.807, 2.05) is 0 Å². The molecule has 1 aromatic carbocycles. The molecule has 3 rings (SSSR count). The molecule has 1 N–H and O–H groups in total. The van der Waals surface area contributed by atoms with Crippen LogP contribution in [0.1, 0.15) is 35.4 Å². The molecule has 1 aromatic heterocycles. The van der Waals surface area contributed by atoms with E-state index in [9.17, 15) is 9.90 Å². The molecule has 1 aliphatic carbocycles. The van der Waals surface area contributed by atoms with Gasteiger partial charge in [-0.1, -0.05) is 17.3 Å². The van der Waals surface area contributed by atoms with Gasteiger partial charge in [-0.25, -0.2) is 4.79 Å². The minimum absolute atomic E-state index is 0.141. The summed E-state index contributed by atoms with van der Waals surface area (Å²) < 4.78 is 10.7. The van der Waals surface area contributed by atoms with Gasteiger partial charge in [-0.3, -0.25) is 0 Å². The maximum Gasteiger partial charge on any atom is 0.336 e. The van der Waals surface area contributed by atoms with Crippen LogP contribution in [-0.4, -0.2) is 28.3 Å². The molecule has 1 aliphatic rings. The third-order valence-electron chi connectivity index (χ3n) is 3.77. The highest BCUT2D eigenvalue weighted by molar-refractivity contribution is 5.94. The normalized spacial score (nSPS) is 16.6. The van der Waals surface area contributed by atoms with Crippen molar-refractivity contribution in [3.8, 4) is 11.5 Å². The minimum Gasteiger partial charge on any atom is -0.478 e. The van der Waals surface area contributed by atoms with Gasteiger partial charge < -0.3 is 14.4 Å². The number of carboxylic acid groups (broad SMARTS) is 1. The fraction of sp³-hybridized carbons (Fsp3) is 0.357. The monoisotopic (exact) mass is 274 g/mol. The van der Waals surface area contributed by atoms with E-state index in [0.717, 1.165) is 19.3 Å². The Morgan fingerprint density at radius 3 is 2.75 bits per heavy atom. The van der Waals surface area contributed by atoms with Crippen LogP contribution < -0.4 is 0 Å². The van der Waals surface area contributed by atoms with E-state index in [0.29, 0.717) is 11.4 Å². The summed E-state index contributed by atoms with van der Waals surface area (Å²) in [5.41, 5.74) is 0.0898. The van der Waals surface area contributed by atoms with Gasteiger partial charge in [-0.2, -0.15) is 4.98 Å². The first-order valence-corrected chi connectivity index (χ1v) is 6.38. The highest BCUT2D eigenvalue weighted by atomic mass is 16.5. The molecule has 1 saturated carbocycles. The van der Waals surface area contributed by atoms with Crippen LogP contribution in [0, 0.1) is 0 Å². The molecule has 0 saturated heterocycles. The maximum atomic E-state index is 11.2. The van der Waals surface area contributed by atoms with Crippen LogP contribution in [0.3, 0.4) is 0 Å². The number of benzene rings is 1. The second-order valence-corrected chi connectivity index (χ2v) is 4.83. The van der Waals surface area contributed by atoms with Crippen LogP contribution in [-0.2, 0) is 10.3 Å². The molecule has 0 unspecified atom stereocenters. The van der Waals surface area contributed by atoms with Gasteiger partial charge in [0.1, 0.15) is 5.60 Å². The predicted octanol–water partition coefficient (Wildman–Crippen LogP) is 2.46. The van der Waals surface area contributed by atoms with E-state index < -0.39 is 11.6 Å². The number of nitrogens with zero attached hydrogens (tertiary/aromatic N) is 2. The van der Waals surface area contributed by atoms with Crippen LogP contribution in [0.5, 0.6) is 0 Å². The number of carbonyl (C=O) groups is 1. The van der Waals surface area contributed by atoms with Gasteiger partial charge >= 0.3 is 5.97 Å². The van der Waals surface area contributed by atoms with Gasteiger partial charge in [0.25, 0.3) is 5.89 Å². The molecule has 0 spiro atoms. The molecular weight excluding hydrogens is 260 g/mol. The highest BCUT2D eigenvalue weighted by Crippen LogP contribution is 2.43. The predicted molar refractivity (Wildman–Crippen MR) is 69.2 cm³/mol. The highest BCUT2D eigenvalue weighted by Gasteiger charge is 2.43. The quantitative estimate of drug-likeness (QED) is 0.921. The molecule has 0 atom stereocenters. The first-order valence-electron chi connectivity index (χ1n) is 6.38. The lowest BCUT2D eigenvalue weighted by Crippen LogP contribution is -2.37. The maximum absolute atomic E-state index is 11.2. The van der Waals surface area contributed by atoms with E-state index in [1.165, 1.54) is 6.07 Å².